The van der Waals surface area contributed by atoms with Crippen molar-refractivity contribution in [3.63, 3.8) is 0 Å². The molecule has 7 heteroatoms. The highest BCUT2D eigenvalue weighted by molar-refractivity contribution is 14.1. The molecule has 0 aliphatic carbocycles. The molecule has 0 unspecified atom stereocenters. The number of amides is 3. The summed E-state index contributed by atoms with van der Waals surface area (Å²) in [6.45, 7) is 0.247. The van der Waals surface area contributed by atoms with E-state index in [9.17, 15) is 9.59 Å². The van der Waals surface area contributed by atoms with Gasteiger partial charge < -0.3 is 20.7 Å². The van der Waals surface area contributed by atoms with Gasteiger partial charge in [0.1, 0.15) is 5.75 Å². The Morgan fingerprint density at radius 1 is 1.04 bits per heavy atom. The first-order valence-corrected chi connectivity index (χ1v) is 8.39. The molecule has 0 aromatic heterocycles. The van der Waals surface area contributed by atoms with E-state index in [0.29, 0.717) is 11.4 Å². The Morgan fingerprint density at radius 2 is 1.75 bits per heavy atom. The van der Waals surface area contributed by atoms with Crippen LogP contribution >= 0.6 is 22.6 Å². The predicted octanol–water partition coefficient (Wildman–Crippen LogP) is 3.45. The molecular weight excluding hydrogens is 421 g/mol. The summed E-state index contributed by atoms with van der Waals surface area (Å²) in [5.41, 5.74) is 1.42. The van der Waals surface area contributed by atoms with E-state index in [1.807, 2.05) is 24.3 Å². The molecule has 6 nitrogen and oxygen atoms in total. The lowest BCUT2D eigenvalue weighted by atomic mass is 10.3. The average molecular weight is 439 g/mol. The van der Waals surface area contributed by atoms with Crippen LogP contribution in [0.5, 0.6) is 5.75 Å². The Kier molecular flexibility index (Phi) is 6.86. The minimum absolute atomic E-state index is 0.149. The number of hydrogen-bond donors (Lipinski definition) is 3. The number of hydrogen-bond acceptors (Lipinski definition) is 3. The molecule has 0 fully saturated rings. The van der Waals surface area contributed by atoms with Gasteiger partial charge in [-0.2, -0.15) is 0 Å². The van der Waals surface area contributed by atoms with E-state index in [2.05, 4.69) is 38.5 Å². The molecule has 24 heavy (non-hydrogen) atoms. The van der Waals surface area contributed by atoms with E-state index in [0.717, 1.165) is 9.26 Å². The van der Waals surface area contributed by atoms with Crippen LogP contribution in [0.25, 0.3) is 0 Å². The number of urea groups is 1. The lowest BCUT2D eigenvalue weighted by Crippen LogP contribution is -2.31. The first kappa shape index (κ1) is 18.1. The quantitative estimate of drug-likeness (QED) is 0.604. The minimum Gasteiger partial charge on any atom is -0.497 e. The number of ether oxygens (including phenoxy) is 1. The molecule has 0 aliphatic heterocycles. The fourth-order valence-corrected chi connectivity index (χ4v) is 2.44. The highest BCUT2D eigenvalue weighted by atomic mass is 127. The fourth-order valence-electron chi connectivity index (χ4n) is 1.91. The highest BCUT2D eigenvalue weighted by Gasteiger charge is 2.06. The van der Waals surface area contributed by atoms with E-state index >= 15 is 0 Å². The zero-order valence-electron chi connectivity index (χ0n) is 13.1. The molecule has 3 N–H and O–H groups in total. The van der Waals surface area contributed by atoms with Gasteiger partial charge in [-0.25, -0.2) is 4.79 Å². The van der Waals surface area contributed by atoms with Crippen molar-refractivity contribution in [2.24, 2.45) is 0 Å². The van der Waals surface area contributed by atoms with E-state index in [4.69, 9.17) is 4.74 Å². The van der Waals surface area contributed by atoms with E-state index in [1.54, 1.807) is 31.4 Å². The monoisotopic (exact) mass is 439 g/mol. The third-order valence-corrected chi connectivity index (χ3v) is 4.07. The minimum atomic E-state index is -0.359. The van der Waals surface area contributed by atoms with Crippen molar-refractivity contribution >= 4 is 45.9 Å². The number of carbonyl (C=O) groups is 2. The van der Waals surface area contributed by atoms with Crippen LogP contribution in [-0.4, -0.2) is 25.6 Å². The second kappa shape index (κ2) is 9.11. The van der Waals surface area contributed by atoms with E-state index in [1.165, 1.54) is 0 Å². The first-order chi connectivity index (χ1) is 11.6. The second-order valence-electron chi connectivity index (χ2n) is 4.89. The molecule has 3 amide bonds. The number of anilines is 2. The molecular formula is C17H18IN3O3. The molecule has 0 bridgehead atoms. The van der Waals surface area contributed by atoms with Crippen LogP contribution in [0.1, 0.15) is 6.42 Å². The SMILES string of the molecule is COc1ccc(NC(=O)NCCC(=O)Nc2ccccc2I)cc1. The van der Waals surface area contributed by atoms with E-state index < -0.39 is 0 Å². The Balaban J connectivity index is 1.71. The standard InChI is InChI=1S/C17H18IN3O3/c1-24-13-8-6-12(7-9-13)20-17(23)19-11-10-16(22)21-15-5-3-2-4-14(15)18/h2-9H,10-11H2,1H3,(H,21,22)(H2,19,20,23). The number of benzene rings is 2. The molecule has 2 rings (SSSR count). The molecule has 0 saturated carbocycles. The maximum absolute atomic E-state index is 11.9. The smallest absolute Gasteiger partial charge is 0.319 e. The van der Waals surface area contributed by atoms with Gasteiger partial charge in [0.15, 0.2) is 0 Å². The lowest BCUT2D eigenvalue weighted by molar-refractivity contribution is -0.116. The number of carbonyl (C=O) groups excluding carboxylic acids is 2. The summed E-state index contributed by atoms with van der Waals surface area (Å²) in [6.07, 6.45) is 0.195. The zero-order valence-corrected chi connectivity index (χ0v) is 15.3. The molecule has 2 aromatic rings. The fraction of sp³-hybridized carbons (Fsp3) is 0.176. The van der Waals surface area contributed by atoms with Crippen molar-refractivity contribution in [3.05, 3.63) is 52.1 Å². The molecule has 2 aromatic carbocycles. The summed E-state index contributed by atoms with van der Waals surface area (Å²) in [4.78, 5) is 23.6. The molecule has 0 aliphatic rings. The maximum atomic E-state index is 11.9. The van der Waals surface area contributed by atoms with Crippen molar-refractivity contribution in [1.29, 1.82) is 0 Å². The Bertz CT molecular complexity index is 704. The van der Waals surface area contributed by atoms with Gasteiger partial charge in [0.25, 0.3) is 0 Å². The van der Waals surface area contributed by atoms with Gasteiger partial charge in [-0.05, 0) is 59.0 Å². The Labute approximate surface area is 154 Å². The number of methoxy groups -OCH3 is 1. The second-order valence-corrected chi connectivity index (χ2v) is 6.05. The molecule has 126 valence electrons. The number of rotatable bonds is 6. The Morgan fingerprint density at radius 3 is 2.42 bits per heavy atom. The van der Waals surface area contributed by atoms with Crippen molar-refractivity contribution < 1.29 is 14.3 Å². The van der Waals surface area contributed by atoms with Crippen molar-refractivity contribution in [1.82, 2.24) is 5.32 Å². The summed E-state index contributed by atoms with van der Waals surface area (Å²) >= 11 is 2.16. The topological polar surface area (TPSA) is 79.5 Å². The third-order valence-electron chi connectivity index (χ3n) is 3.13. The van der Waals surface area contributed by atoms with Crippen LogP contribution in [0.4, 0.5) is 16.2 Å². The predicted molar refractivity (Wildman–Crippen MR) is 102 cm³/mol. The van der Waals surface area contributed by atoms with Gasteiger partial charge in [0, 0.05) is 22.2 Å². The van der Waals surface area contributed by atoms with Gasteiger partial charge in [-0.1, -0.05) is 12.1 Å². The number of halogens is 1. The molecule has 0 spiro atoms. The van der Waals surface area contributed by atoms with Crippen LogP contribution < -0.4 is 20.7 Å². The summed E-state index contributed by atoms with van der Waals surface area (Å²) in [6, 6.07) is 14.1. The van der Waals surface area contributed by atoms with Crippen molar-refractivity contribution in [3.8, 4) is 5.75 Å². The number of para-hydroxylation sites is 1. The molecule has 0 saturated heterocycles. The molecule has 0 radical (unpaired) electrons. The van der Waals surface area contributed by atoms with E-state index in [-0.39, 0.29) is 24.9 Å². The van der Waals surface area contributed by atoms with Gasteiger partial charge in [-0.15, -0.1) is 0 Å². The molecule has 0 heterocycles. The largest absolute Gasteiger partial charge is 0.497 e. The first-order valence-electron chi connectivity index (χ1n) is 7.32. The summed E-state index contributed by atoms with van der Waals surface area (Å²) in [5, 5.41) is 8.15. The average Bonchev–Trinajstić information content (AvgIpc) is 2.57. The van der Waals surface area contributed by atoms with Crippen LogP contribution in [0.2, 0.25) is 0 Å². The van der Waals surface area contributed by atoms with Gasteiger partial charge in [-0.3, -0.25) is 4.79 Å². The van der Waals surface area contributed by atoms with Crippen LogP contribution in [0.15, 0.2) is 48.5 Å². The van der Waals surface area contributed by atoms with Crippen molar-refractivity contribution in [2.45, 2.75) is 6.42 Å². The highest BCUT2D eigenvalue weighted by Crippen LogP contribution is 2.17. The van der Waals surface area contributed by atoms with Gasteiger partial charge in [0.05, 0.1) is 12.8 Å². The summed E-state index contributed by atoms with van der Waals surface area (Å²) in [5.74, 6) is 0.567. The summed E-state index contributed by atoms with van der Waals surface area (Å²) in [7, 11) is 1.58. The maximum Gasteiger partial charge on any atom is 0.319 e. The molecule has 0 atom stereocenters. The zero-order chi connectivity index (χ0) is 17.4. The lowest BCUT2D eigenvalue weighted by Gasteiger charge is -2.09. The van der Waals surface area contributed by atoms with Crippen LogP contribution in [-0.2, 0) is 4.79 Å². The van der Waals surface area contributed by atoms with Crippen LogP contribution in [0.3, 0.4) is 0 Å². The number of nitrogens with one attached hydrogen (secondary N) is 3. The van der Waals surface area contributed by atoms with Crippen molar-refractivity contribution in [2.75, 3.05) is 24.3 Å². The van der Waals surface area contributed by atoms with Crippen LogP contribution in [0, 0.1) is 3.57 Å². The third kappa shape index (κ3) is 5.73. The normalized spacial score (nSPS) is 9.92. The Hall–Kier alpha value is -2.29. The summed E-state index contributed by atoms with van der Waals surface area (Å²) < 4.78 is 6.02. The van der Waals surface area contributed by atoms with Gasteiger partial charge >= 0.3 is 6.03 Å². The van der Waals surface area contributed by atoms with Gasteiger partial charge in [0.2, 0.25) is 5.91 Å².